The van der Waals surface area contributed by atoms with Crippen LogP contribution in [0, 0.1) is 0 Å². The zero-order chi connectivity index (χ0) is 52.2. The van der Waals surface area contributed by atoms with Crippen LogP contribution < -0.4 is 0 Å². The fraction of sp³-hybridized carbons (Fsp3) is 0.833. The summed E-state index contributed by atoms with van der Waals surface area (Å²) in [4.78, 5) is 38.2. The summed E-state index contributed by atoms with van der Waals surface area (Å²) in [5, 5.41) is 0. The Morgan fingerprint density at radius 1 is 0.278 bits per heavy atom. The summed E-state index contributed by atoms with van der Waals surface area (Å²) in [5.74, 6) is -0.891. The van der Waals surface area contributed by atoms with E-state index in [1.54, 1.807) is 0 Å². The first-order valence-corrected chi connectivity index (χ1v) is 31.6. The molecule has 0 saturated heterocycles. The van der Waals surface area contributed by atoms with Gasteiger partial charge in [0.25, 0.3) is 0 Å². The van der Waals surface area contributed by atoms with Crippen LogP contribution >= 0.6 is 0 Å². The van der Waals surface area contributed by atoms with Gasteiger partial charge in [-0.15, -0.1) is 0 Å². The van der Waals surface area contributed by atoms with Gasteiger partial charge in [-0.05, 0) is 77.0 Å². The number of hydrogen-bond donors (Lipinski definition) is 0. The van der Waals surface area contributed by atoms with Crippen molar-refractivity contribution in [3.8, 4) is 0 Å². The van der Waals surface area contributed by atoms with Crippen LogP contribution in [0.1, 0.15) is 335 Å². The SMILES string of the molecule is CCC/C=C\C/C=C\CCCCCCCC(=O)OCC(COC(=O)CCCCCCCCCCCCCCCCCCCCCCCCCCC)OC(=O)CCCCCCC/C=C\C/C=C\CCCCCC. The molecule has 0 aromatic carbocycles. The van der Waals surface area contributed by atoms with Gasteiger partial charge in [0.05, 0.1) is 0 Å². The van der Waals surface area contributed by atoms with Gasteiger partial charge >= 0.3 is 17.9 Å². The van der Waals surface area contributed by atoms with Crippen LogP contribution in [0.2, 0.25) is 0 Å². The Bertz CT molecular complexity index is 1250. The summed E-state index contributed by atoms with van der Waals surface area (Å²) < 4.78 is 16.9. The first-order valence-electron chi connectivity index (χ1n) is 31.6. The van der Waals surface area contributed by atoms with Crippen molar-refractivity contribution in [1.29, 1.82) is 0 Å². The van der Waals surface area contributed by atoms with Gasteiger partial charge in [0.2, 0.25) is 0 Å². The second-order valence-electron chi connectivity index (χ2n) is 21.3. The Kier molecular flexibility index (Phi) is 58.7. The number of esters is 3. The van der Waals surface area contributed by atoms with Gasteiger partial charge in [-0.1, -0.05) is 288 Å². The minimum atomic E-state index is -0.785. The van der Waals surface area contributed by atoms with E-state index in [0.717, 1.165) is 109 Å². The Morgan fingerprint density at radius 2 is 0.528 bits per heavy atom. The number of unbranched alkanes of at least 4 members (excludes halogenated alkanes) is 39. The van der Waals surface area contributed by atoms with Crippen LogP contribution in [-0.2, 0) is 28.6 Å². The van der Waals surface area contributed by atoms with Crippen molar-refractivity contribution in [2.45, 2.75) is 341 Å². The van der Waals surface area contributed by atoms with Gasteiger partial charge in [0.15, 0.2) is 6.10 Å². The van der Waals surface area contributed by atoms with E-state index in [9.17, 15) is 14.4 Å². The molecule has 0 radical (unpaired) electrons. The highest BCUT2D eigenvalue weighted by atomic mass is 16.6. The largest absolute Gasteiger partial charge is 0.462 e. The molecule has 0 rings (SSSR count). The highest BCUT2D eigenvalue weighted by molar-refractivity contribution is 5.71. The molecule has 0 amide bonds. The Morgan fingerprint density at radius 3 is 0.833 bits per heavy atom. The van der Waals surface area contributed by atoms with Gasteiger partial charge in [0.1, 0.15) is 13.2 Å². The van der Waals surface area contributed by atoms with Crippen molar-refractivity contribution in [2.24, 2.45) is 0 Å². The van der Waals surface area contributed by atoms with Gasteiger partial charge in [-0.2, -0.15) is 0 Å². The number of carbonyl (C=O) groups excluding carboxylic acids is 3. The smallest absolute Gasteiger partial charge is 0.306 e. The van der Waals surface area contributed by atoms with E-state index in [-0.39, 0.29) is 31.1 Å². The average Bonchev–Trinajstić information content (AvgIpc) is 3.38. The second kappa shape index (κ2) is 60.9. The lowest BCUT2D eigenvalue weighted by atomic mass is 10.0. The van der Waals surface area contributed by atoms with Gasteiger partial charge in [-0.3, -0.25) is 14.4 Å². The van der Waals surface area contributed by atoms with E-state index in [1.165, 1.54) is 186 Å². The van der Waals surface area contributed by atoms with E-state index in [4.69, 9.17) is 14.2 Å². The summed E-state index contributed by atoms with van der Waals surface area (Å²) in [6, 6.07) is 0. The maximum absolute atomic E-state index is 12.9. The number of ether oxygens (including phenoxy) is 3. The minimum Gasteiger partial charge on any atom is -0.462 e. The van der Waals surface area contributed by atoms with Gasteiger partial charge in [0, 0.05) is 19.3 Å². The van der Waals surface area contributed by atoms with Crippen molar-refractivity contribution in [2.75, 3.05) is 13.2 Å². The molecule has 6 heteroatoms. The molecule has 0 heterocycles. The van der Waals surface area contributed by atoms with Crippen LogP contribution in [0.4, 0.5) is 0 Å². The molecule has 1 unspecified atom stereocenters. The van der Waals surface area contributed by atoms with Crippen LogP contribution in [0.5, 0.6) is 0 Å². The predicted octanol–water partition coefficient (Wildman–Crippen LogP) is 21.4. The molecule has 0 saturated carbocycles. The Labute approximate surface area is 448 Å². The first-order chi connectivity index (χ1) is 35.5. The van der Waals surface area contributed by atoms with E-state index in [2.05, 4.69) is 69.4 Å². The first kappa shape index (κ1) is 69.4. The quantitative estimate of drug-likeness (QED) is 0.0261. The van der Waals surface area contributed by atoms with Crippen molar-refractivity contribution in [3.05, 3.63) is 48.6 Å². The lowest BCUT2D eigenvalue weighted by molar-refractivity contribution is -0.167. The molecule has 0 aliphatic rings. The monoisotopic (exact) mass is 1010 g/mol. The molecule has 420 valence electrons. The van der Waals surface area contributed by atoms with Crippen molar-refractivity contribution in [1.82, 2.24) is 0 Å². The maximum Gasteiger partial charge on any atom is 0.306 e. The zero-order valence-corrected chi connectivity index (χ0v) is 48.2. The molecular weight excluding hydrogens is 889 g/mol. The molecule has 0 aromatic rings. The van der Waals surface area contributed by atoms with Crippen LogP contribution in [0.25, 0.3) is 0 Å². The summed E-state index contributed by atoms with van der Waals surface area (Å²) in [6.07, 6.45) is 75.5. The van der Waals surface area contributed by atoms with Crippen molar-refractivity contribution < 1.29 is 28.6 Å². The number of carbonyl (C=O) groups is 3. The highest BCUT2D eigenvalue weighted by Gasteiger charge is 2.19. The van der Waals surface area contributed by atoms with Crippen LogP contribution in [-0.4, -0.2) is 37.2 Å². The minimum absolute atomic E-state index is 0.0803. The molecular formula is C66H120O6. The normalized spacial score (nSPS) is 12.3. The Balaban J connectivity index is 4.25. The number of allylic oxidation sites excluding steroid dienone is 8. The maximum atomic E-state index is 12.9. The molecule has 0 aromatic heterocycles. The molecule has 6 nitrogen and oxygen atoms in total. The molecule has 0 aliphatic carbocycles. The molecule has 0 bridgehead atoms. The third kappa shape index (κ3) is 58.3. The van der Waals surface area contributed by atoms with E-state index in [0.29, 0.717) is 19.3 Å². The standard InChI is InChI=1S/C66H120O6/c1-4-7-10-13-16-19-22-25-27-29-30-31-32-33-34-35-36-37-39-41-44-47-50-53-56-59-65(68)71-62-63(61-70-64(67)58-55-52-49-46-43-40-24-21-18-15-12-9-6-3)72-66(69)60-57-54-51-48-45-42-38-28-26-23-20-17-14-11-8-5-2/h12,15,20-21,23-24,28,38,63H,4-11,13-14,16-19,22,25-27,29-37,39-62H2,1-3H3/b15-12-,23-20-,24-21-,38-28-. The third-order valence-corrected chi connectivity index (χ3v) is 14.0. The third-order valence-electron chi connectivity index (χ3n) is 14.0. The van der Waals surface area contributed by atoms with Crippen molar-refractivity contribution >= 4 is 17.9 Å². The van der Waals surface area contributed by atoms with Crippen LogP contribution in [0.15, 0.2) is 48.6 Å². The van der Waals surface area contributed by atoms with Crippen LogP contribution in [0.3, 0.4) is 0 Å². The number of hydrogen-bond acceptors (Lipinski definition) is 6. The molecule has 0 N–H and O–H groups in total. The van der Waals surface area contributed by atoms with Gasteiger partial charge < -0.3 is 14.2 Å². The van der Waals surface area contributed by atoms with E-state index in [1.807, 2.05) is 0 Å². The predicted molar refractivity (Wildman–Crippen MR) is 312 cm³/mol. The topological polar surface area (TPSA) is 78.9 Å². The summed E-state index contributed by atoms with van der Waals surface area (Å²) in [5.41, 5.74) is 0. The summed E-state index contributed by atoms with van der Waals surface area (Å²) in [7, 11) is 0. The molecule has 72 heavy (non-hydrogen) atoms. The molecule has 0 fully saturated rings. The average molecular weight is 1010 g/mol. The highest BCUT2D eigenvalue weighted by Crippen LogP contribution is 2.17. The van der Waals surface area contributed by atoms with Crippen molar-refractivity contribution in [3.63, 3.8) is 0 Å². The number of rotatable bonds is 58. The molecule has 0 spiro atoms. The van der Waals surface area contributed by atoms with Gasteiger partial charge in [-0.25, -0.2) is 0 Å². The lowest BCUT2D eigenvalue weighted by Gasteiger charge is -2.18. The van der Waals surface area contributed by atoms with E-state index >= 15 is 0 Å². The second-order valence-corrected chi connectivity index (χ2v) is 21.3. The lowest BCUT2D eigenvalue weighted by Crippen LogP contribution is -2.30. The molecule has 0 aliphatic heterocycles. The Hall–Kier alpha value is -2.63. The van der Waals surface area contributed by atoms with E-state index < -0.39 is 6.10 Å². The summed E-state index contributed by atoms with van der Waals surface area (Å²) in [6.45, 7) is 6.58. The molecule has 1 atom stereocenters. The fourth-order valence-corrected chi connectivity index (χ4v) is 9.28. The zero-order valence-electron chi connectivity index (χ0n) is 48.2. The fourth-order valence-electron chi connectivity index (χ4n) is 9.28. The summed E-state index contributed by atoms with van der Waals surface area (Å²) >= 11 is 0.